The molecule has 1 aromatic rings. The average Bonchev–Trinajstić information content (AvgIpc) is 2.38. The summed E-state index contributed by atoms with van der Waals surface area (Å²) in [6.07, 6.45) is 2.58. The quantitative estimate of drug-likeness (QED) is 0.837. The highest BCUT2D eigenvalue weighted by Crippen LogP contribution is 2.18. The van der Waals surface area contributed by atoms with Gasteiger partial charge in [0.2, 0.25) is 0 Å². The molecule has 1 saturated heterocycles. The van der Waals surface area contributed by atoms with E-state index in [-0.39, 0.29) is 0 Å². The van der Waals surface area contributed by atoms with Crippen LogP contribution >= 0.6 is 0 Å². The lowest BCUT2D eigenvalue weighted by Crippen LogP contribution is -2.38. The fraction of sp³-hybridized carbons (Fsp3) is 0.600. The van der Waals surface area contributed by atoms with Gasteiger partial charge in [-0.3, -0.25) is 0 Å². The van der Waals surface area contributed by atoms with E-state index >= 15 is 0 Å². The van der Waals surface area contributed by atoms with Gasteiger partial charge in [-0.25, -0.2) is 0 Å². The van der Waals surface area contributed by atoms with Crippen LogP contribution in [0.5, 0.6) is 0 Å². The van der Waals surface area contributed by atoms with Crippen molar-refractivity contribution in [2.24, 2.45) is 11.7 Å². The molecule has 0 atom stereocenters. The number of aryl methyl sites for hydroxylation is 1. The van der Waals surface area contributed by atoms with Crippen LogP contribution in [0.1, 0.15) is 18.4 Å². The van der Waals surface area contributed by atoms with Gasteiger partial charge in [-0.1, -0.05) is 12.1 Å². The molecule has 0 amide bonds. The third-order valence-electron chi connectivity index (χ3n) is 3.77. The summed E-state index contributed by atoms with van der Waals surface area (Å²) >= 11 is 0. The third-order valence-corrected chi connectivity index (χ3v) is 3.77. The maximum Gasteiger partial charge on any atom is 0.0342 e. The van der Waals surface area contributed by atoms with Gasteiger partial charge >= 0.3 is 0 Å². The van der Waals surface area contributed by atoms with E-state index in [9.17, 15) is 0 Å². The number of rotatable bonds is 5. The maximum atomic E-state index is 5.59. The zero-order valence-corrected chi connectivity index (χ0v) is 11.4. The van der Waals surface area contributed by atoms with Crippen molar-refractivity contribution in [2.75, 3.05) is 38.0 Å². The molecule has 1 aromatic carbocycles. The number of hydrogen-bond donors (Lipinski definition) is 2. The van der Waals surface area contributed by atoms with Gasteiger partial charge in [0.05, 0.1) is 0 Å². The summed E-state index contributed by atoms with van der Waals surface area (Å²) in [5.41, 5.74) is 8.16. The van der Waals surface area contributed by atoms with Gasteiger partial charge in [-0.15, -0.1) is 0 Å². The van der Waals surface area contributed by atoms with E-state index in [1.54, 1.807) is 0 Å². The molecule has 1 aliphatic heterocycles. The Hall–Kier alpha value is -1.06. The monoisotopic (exact) mass is 247 g/mol. The molecule has 100 valence electrons. The average molecular weight is 247 g/mol. The van der Waals surface area contributed by atoms with Crippen LogP contribution < -0.4 is 11.1 Å². The third kappa shape index (κ3) is 4.00. The van der Waals surface area contributed by atoms with E-state index in [1.165, 1.54) is 37.2 Å². The number of likely N-dealkylation sites (tertiary alicyclic amines) is 1. The molecular weight excluding hydrogens is 222 g/mol. The molecule has 3 heteroatoms. The van der Waals surface area contributed by atoms with Crippen molar-refractivity contribution < 1.29 is 0 Å². The Kier molecular flexibility index (Phi) is 5.02. The Morgan fingerprint density at radius 2 is 2.11 bits per heavy atom. The van der Waals surface area contributed by atoms with Crippen LogP contribution in [0.15, 0.2) is 24.3 Å². The molecule has 0 bridgehead atoms. The van der Waals surface area contributed by atoms with Gasteiger partial charge in [0, 0.05) is 25.3 Å². The number of anilines is 1. The van der Waals surface area contributed by atoms with E-state index in [0.717, 1.165) is 25.6 Å². The van der Waals surface area contributed by atoms with Crippen LogP contribution in [0.4, 0.5) is 5.69 Å². The second kappa shape index (κ2) is 6.76. The first kappa shape index (κ1) is 13.4. The highest BCUT2D eigenvalue weighted by molar-refractivity contribution is 5.45. The van der Waals surface area contributed by atoms with Crippen LogP contribution in [0.25, 0.3) is 0 Å². The van der Waals surface area contributed by atoms with Gasteiger partial charge in [0.15, 0.2) is 0 Å². The zero-order valence-electron chi connectivity index (χ0n) is 11.4. The summed E-state index contributed by atoms with van der Waals surface area (Å²) in [6, 6.07) is 8.61. The van der Waals surface area contributed by atoms with Crippen molar-refractivity contribution >= 4 is 5.69 Å². The van der Waals surface area contributed by atoms with Crippen molar-refractivity contribution in [3.63, 3.8) is 0 Å². The first-order valence-corrected chi connectivity index (χ1v) is 7.01. The highest BCUT2D eigenvalue weighted by atomic mass is 15.1. The highest BCUT2D eigenvalue weighted by Gasteiger charge is 2.18. The number of nitrogens with zero attached hydrogens (tertiary/aromatic N) is 1. The van der Waals surface area contributed by atoms with E-state index < -0.39 is 0 Å². The van der Waals surface area contributed by atoms with Crippen LogP contribution in [0.3, 0.4) is 0 Å². The first-order chi connectivity index (χ1) is 8.78. The minimum absolute atomic E-state index is 0.784. The molecule has 0 spiro atoms. The molecule has 0 aromatic heterocycles. The minimum Gasteiger partial charge on any atom is -0.385 e. The summed E-state index contributed by atoms with van der Waals surface area (Å²) in [5.74, 6) is 0.805. The molecule has 1 fully saturated rings. The Morgan fingerprint density at radius 1 is 1.33 bits per heavy atom. The van der Waals surface area contributed by atoms with Crippen LogP contribution in [-0.2, 0) is 0 Å². The standard InChI is InChI=1S/C15H25N3/c1-13-3-2-4-15(11-13)17-12-14-5-8-18(9-6-14)10-7-16/h2-4,11,14,17H,5-10,12,16H2,1H3. The molecule has 3 nitrogen and oxygen atoms in total. The van der Waals surface area contributed by atoms with Crippen molar-refractivity contribution in [1.82, 2.24) is 4.90 Å². The van der Waals surface area contributed by atoms with Crippen LogP contribution in [-0.4, -0.2) is 37.6 Å². The molecule has 2 rings (SSSR count). The predicted molar refractivity (Wildman–Crippen MR) is 77.9 cm³/mol. The maximum absolute atomic E-state index is 5.59. The molecule has 3 N–H and O–H groups in total. The molecule has 0 saturated carbocycles. The molecule has 1 heterocycles. The summed E-state index contributed by atoms with van der Waals surface area (Å²) < 4.78 is 0. The lowest BCUT2D eigenvalue weighted by molar-refractivity contribution is 0.194. The van der Waals surface area contributed by atoms with Gasteiger partial charge < -0.3 is 16.0 Å². The summed E-state index contributed by atoms with van der Waals surface area (Å²) in [7, 11) is 0. The molecule has 18 heavy (non-hydrogen) atoms. The summed E-state index contributed by atoms with van der Waals surface area (Å²) in [4.78, 5) is 2.48. The molecular formula is C15H25N3. The zero-order chi connectivity index (χ0) is 12.8. The number of benzene rings is 1. The van der Waals surface area contributed by atoms with Gasteiger partial charge in [-0.05, 0) is 56.5 Å². The Balaban J connectivity index is 1.72. The molecule has 1 aliphatic rings. The normalized spacial score (nSPS) is 17.9. The van der Waals surface area contributed by atoms with Crippen molar-refractivity contribution in [2.45, 2.75) is 19.8 Å². The molecule has 0 radical (unpaired) electrons. The fourth-order valence-electron chi connectivity index (χ4n) is 2.61. The molecule has 0 unspecified atom stereocenters. The summed E-state index contributed by atoms with van der Waals surface area (Å²) in [5, 5.41) is 3.56. The second-order valence-corrected chi connectivity index (χ2v) is 5.32. The Labute approximate surface area is 110 Å². The number of nitrogens with two attached hydrogens (primary N) is 1. The van der Waals surface area contributed by atoms with Crippen molar-refractivity contribution in [3.05, 3.63) is 29.8 Å². The first-order valence-electron chi connectivity index (χ1n) is 7.01. The second-order valence-electron chi connectivity index (χ2n) is 5.32. The van der Waals surface area contributed by atoms with Crippen LogP contribution in [0, 0.1) is 12.8 Å². The van der Waals surface area contributed by atoms with E-state index in [1.807, 2.05) is 0 Å². The van der Waals surface area contributed by atoms with Gasteiger partial charge in [-0.2, -0.15) is 0 Å². The Bertz CT molecular complexity index is 357. The van der Waals surface area contributed by atoms with Gasteiger partial charge in [0.25, 0.3) is 0 Å². The lowest BCUT2D eigenvalue weighted by Gasteiger charge is -2.31. The number of hydrogen-bond acceptors (Lipinski definition) is 3. The van der Waals surface area contributed by atoms with Crippen molar-refractivity contribution in [3.8, 4) is 0 Å². The Morgan fingerprint density at radius 3 is 2.78 bits per heavy atom. The van der Waals surface area contributed by atoms with Gasteiger partial charge in [0.1, 0.15) is 0 Å². The summed E-state index contributed by atoms with van der Waals surface area (Å²) in [6.45, 7) is 7.48. The fourth-order valence-corrected chi connectivity index (χ4v) is 2.61. The largest absolute Gasteiger partial charge is 0.385 e. The van der Waals surface area contributed by atoms with Crippen molar-refractivity contribution in [1.29, 1.82) is 0 Å². The minimum atomic E-state index is 0.784. The number of nitrogens with one attached hydrogen (secondary N) is 1. The number of piperidine rings is 1. The van der Waals surface area contributed by atoms with Crippen LogP contribution in [0.2, 0.25) is 0 Å². The van der Waals surface area contributed by atoms with E-state index in [0.29, 0.717) is 0 Å². The smallest absolute Gasteiger partial charge is 0.0342 e. The predicted octanol–water partition coefficient (Wildman–Crippen LogP) is 2.08. The molecule has 0 aliphatic carbocycles. The SMILES string of the molecule is Cc1cccc(NCC2CCN(CCN)CC2)c1. The van der Waals surface area contributed by atoms with E-state index in [4.69, 9.17) is 5.73 Å². The lowest BCUT2D eigenvalue weighted by atomic mass is 9.96. The van der Waals surface area contributed by atoms with E-state index in [2.05, 4.69) is 41.4 Å². The topological polar surface area (TPSA) is 41.3 Å².